The first-order valence-electron chi connectivity index (χ1n) is 14.0. The summed E-state index contributed by atoms with van der Waals surface area (Å²) in [6.07, 6.45) is 4.36. The minimum atomic E-state index is -4.50. The second kappa shape index (κ2) is 12.6. The molecule has 5 rings (SSSR count). The number of pyridine rings is 1. The molecule has 220 valence electrons. The van der Waals surface area contributed by atoms with Crippen LogP contribution in [0.5, 0.6) is 0 Å². The van der Waals surface area contributed by atoms with Gasteiger partial charge in [0, 0.05) is 22.9 Å². The lowest BCUT2D eigenvalue weighted by Crippen LogP contribution is -2.45. The van der Waals surface area contributed by atoms with Crippen LogP contribution >= 0.6 is 0 Å². The molecule has 1 aliphatic carbocycles. The summed E-state index contributed by atoms with van der Waals surface area (Å²) in [4.78, 5) is 24.3. The Morgan fingerprint density at radius 2 is 1.86 bits per heavy atom. The van der Waals surface area contributed by atoms with Crippen LogP contribution < -0.4 is 21.7 Å². The first kappa shape index (κ1) is 29.1. The Hall–Kier alpha value is -4.38. The maximum absolute atomic E-state index is 14.0. The Bertz CT molecular complexity index is 1520. The average molecular weight is 579 g/mol. The summed E-state index contributed by atoms with van der Waals surface area (Å²) in [6.45, 7) is 0.525. The van der Waals surface area contributed by atoms with Crippen molar-refractivity contribution in [2.75, 3.05) is 22.5 Å². The number of nitrogens with one attached hydrogen (secondary N) is 1. The van der Waals surface area contributed by atoms with Gasteiger partial charge in [-0.1, -0.05) is 31.4 Å². The summed E-state index contributed by atoms with van der Waals surface area (Å²) in [7, 11) is 0. The van der Waals surface area contributed by atoms with Crippen LogP contribution in [-0.4, -0.2) is 28.6 Å². The van der Waals surface area contributed by atoms with E-state index in [0.29, 0.717) is 24.4 Å². The Morgan fingerprint density at radius 1 is 1.05 bits per heavy atom. The molecular formula is C31H33F3N6O2. The molecule has 0 aliphatic heterocycles. The Balaban J connectivity index is 1.52. The van der Waals surface area contributed by atoms with E-state index in [4.69, 9.17) is 15.9 Å². The Kier molecular flexibility index (Phi) is 8.77. The third kappa shape index (κ3) is 6.73. The van der Waals surface area contributed by atoms with E-state index in [0.717, 1.165) is 61.8 Å². The van der Waals surface area contributed by atoms with Crippen LogP contribution in [0.3, 0.4) is 0 Å². The van der Waals surface area contributed by atoms with Gasteiger partial charge in [-0.25, -0.2) is 14.8 Å². The van der Waals surface area contributed by atoms with Gasteiger partial charge in [0.15, 0.2) is 18.0 Å². The molecule has 2 aromatic carbocycles. The van der Waals surface area contributed by atoms with Crippen molar-refractivity contribution < 1.29 is 22.4 Å². The highest BCUT2D eigenvalue weighted by atomic mass is 19.4. The molecule has 0 saturated heterocycles. The molecule has 0 radical (unpaired) electrons. The van der Waals surface area contributed by atoms with Crippen molar-refractivity contribution in [1.29, 1.82) is 0 Å². The van der Waals surface area contributed by atoms with E-state index >= 15 is 0 Å². The second-order valence-corrected chi connectivity index (χ2v) is 10.5. The van der Waals surface area contributed by atoms with Crippen LogP contribution in [0, 0.1) is 0 Å². The summed E-state index contributed by atoms with van der Waals surface area (Å²) >= 11 is 0. The molecule has 1 aliphatic rings. The smallest absolute Gasteiger partial charge is 0.416 e. The number of carbonyl (C=O) groups excluding carboxylic acids is 1. The number of rotatable bonds is 8. The van der Waals surface area contributed by atoms with E-state index < -0.39 is 17.8 Å². The van der Waals surface area contributed by atoms with Gasteiger partial charge >= 0.3 is 12.2 Å². The summed E-state index contributed by atoms with van der Waals surface area (Å²) in [5.74, 6) is 0.771. The molecule has 0 atom stereocenters. The summed E-state index contributed by atoms with van der Waals surface area (Å²) < 4.78 is 45.7. The van der Waals surface area contributed by atoms with Crippen LogP contribution in [-0.2, 0) is 12.6 Å². The Labute approximate surface area is 241 Å². The van der Waals surface area contributed by atoms with Crippen molar-refractivity contribution in [3.63, 3.8) is 0 Å². The van der Waals surface area contributed by atoms with E-state index in [9.17, 15) is 18.0 Å². The predicted molar refractivity (Wildman–Crippen MR) is 157 cm³/mol. The highest BCUT2D eigenvalue weighted by Crippen LogP contribution is 2.35. The molecule has 8 nitrogen and oxygen atoms in total. The number of aryl methyl sites for hydroxylation is 1. The van der Waals surface area contributed by atoms with Gasteiger partial charge in [-0.05, 0) is 80.3 Å². The minimum absolute atomic E-state index is 0.181. The number of aromatic nitrogens is 2. The van der Waals surface area contributed by atoms with E-state index in [1.165, 1.54) is 12.5 Å². The number of nitrogens with zero attached hydrogens (tertiary/aromatic N) is 3. The highest BCUT2D eigenvalue weighted by Gasteiger charge is 2.32. The molecule has 4 aromatic rings. The number of hydrogen-bond acceptors (Lipinski definition) is 6. The molecule has 2 aromatic heterocycles. The van der Waals surface area contributed by atoms with Crippen molar-refractivity contribution >= 4 is 23.2 Å². The van der Waals surface area contributed by atoms with Crippen molar-refractivity contribution in [1.82, 2.24) is 9.97 Å². The molecule has 1 fully saturated rings. The van der Waals surface area contributed by atoms with E-state index in [1.54, 1.807) is 35.4 Å². The van der Waals surface area contributed by atoms with Crippen molar-refractivity contribution in [2.45, 2.75) is 57.2 Å². The summed E-state index contributed by atoms with van der Waals surface area (Å²) in [5, 5.41) is 3.02. The SMILES string of the molecule is NCCCc1cc(NC(=O)N(c2nc(-c3cccc(C(F)(F)F)c3)ccc2N)C2CCCCC2)cc(-c2cnco2)c1. The molecule has 1 saturated carbocycles. The number of urea groups is 1. The number of benzene rings is 2. The quantitative estimate of drug-likeness (QED) is 0.202. The largest absolute Gasteiger partial charge is 0.444 e. The molecule has 2 heterocycles. The topological polar surface area (TPSA) is 123 Å². The van der Waals surface area contributed by atoms with Crippen molar-refractivity contribution in [3.05, 3.63) is 78.3 Å². The third-order valence-corrected chi connectivity index (χ3v) is 7.41. The fourth-order valence-electron chi connectivity index (χ4n) is 5.34. The zero-order valence-electron chi connectivity index (χ0n) is 23.0. The maximum atomic E-state index is 14.0. The third-order valence-electron chi connectivity index (χ3n) is 7.41. The fourth-order valence-corrected chi connectivity index (χ4v) is 5.34. The zero-order valence-corrected chi connectivity index (χ0v) is 23.0. The lowest BCUT2D eigenvalue weighted by molar-refractivity contribution is -0.137. The molecular weight excluding hydrogens is 545 g/mol. The van der Waals surface area contributed by atoms with Gasteiger partial charge in [0.25, 0.3) is 0 Å². The number of hydrogen-bond donors (Lipinski definition) is 3. The van der Waals surface area contributed by atoms with E-state index in [-0.39, 0.29) is 28.8 Å². The van der Waals surface area contributed by atoms with Gasteiger partial charge in [0.2, 0.25) is 0 Å². The normalized spacial score (nSPS) is 14.1. The highest BCUT2D eigenvalue weighted by molar-refractivity contribution is 6.03. The molecule has 0 spiro atoms. The van der Waals surface area contributed by atoms with Crippen LogP contribution in [0.15, 0.2) is 71.6 Å². The van der Waals surface area contributed by atoms with E-state index in [2.05, 4.69) is 15.3 Å². The first-order valence-corrected chi connectivity index (χ1v) is 14.0. The lowest BCUT2D eigenvalue weighted by atomic mass is 9.94. The molecule has 0 bridgehead atoms. The van der Waals surface area contributed by atoms with Gasteiger partial charge in [-0.15, -0.1) is 0 Å². The number of oxazole rings is 1. The second-order valence-electron chi connectivity index (χ2n) is 10.5. The molecule has 5 N–H and O–H groups in total. The van der Waals surface area contributed by atoms with Crippen LogP contribution in [0.1, 0.15) is 49.7 Å². The van der Waals surface area contributed by atoms with Crippen LogP contribution in [0.2, 0.25) is 0 Å². The number of anilines is 3. The van der Waals surface area contributed by atoms with Gasteiger partial charge in [0.1, 0.15) is 0 Å². The monoisotopic (exact) mass is 578 g/mol. The molecule has 2 amide bonds. The molecule has 11 heteroatoms. The Morgan fingerprint density at radius 3 is 2.57 bits per heavy atom. The summed E-state index contributed by atoms with van der Waals surface area (Å²) in [6, 6.07) is 13.2. The number of carbonyl (C=O) groups is 1. The molecule has 0 unspecified atom stereocenters. The number of amides is 2. The number of nitrogen functional groups attached to an aromatic ring is 1. The number of nitrogens with two attached hydrogens (primary N) is 2. The maximum Gasteiger partial charge on any atom is 0.416 e. The van der Waals surface area contributed by atoms with Gasteiger partial charge in [0.05, 0.1) is 23.1 Å². The zero-order chi connectivity index (χ0) is 29.7. The average Bonchev–Trinajstić information content (AvgIpc) is 3.53. The van der Waals surface area contributed by atoms with Crippen molar-refractivity contribution in [3.8, 4) is 22.6 Å². The number of alkyl halides is 3. The van der Waals surface area contributed by atoms with E-state index in [1.807, 2.05) is 12.1 Å². The minimum Gasteiger partial charge on any atom is -0.444 e. The lowest BCUT2D eigenvalue weighted by Gasteiger charge is -2.34. The predicted octanol–water partition coefficient (Wildman–Crippen LogP) is 7.27. The van der Waals surface area contributed by atoms with Gasteiger partial charge in [-0.2, -0.15) is 13.2 Å². The van der Waals surface area contributed by atoms with Crippen LogP contribution in [0.4, 0.5) is 35.2 Å². The number of halogens is 3. The summed E-state index contributed by atoms with van der Waals surface area (Å²) in [5.41, 5.74) is 14.4. The van der Waals surface area contributed by atoms with Crippen molar-refractivity contribution in [2.24, 2.45) is 5.73 Å². The van der Waals surface area contributed by atoms with Gasteiger partial charge in [-0.3, -0.25) is 4.90 Å². The fraction of sp³-hybridized carbons (Fsp3) is 0.323. The van der Waals surface area contributed by atoms with Crippen LogP contribution in [0.25, 0.3) is 22.6 Å². The molecule has 42 heavy (non-hydrogen) atoms. The standard InChI is InChI=1S/C31H33F3N6O2/c32-31(33,34)23-8-4-7-21(16-23)27-12-11-26(36)29(39-27)40(25-9-2-1-3-10-25)30(41)38-24-15-20(6-5-13-35)14-22(17-24)28-18-37-19-42-28/h4,7-8,11-12,14-19,25H,1-3,5-6,9-10,13,35-36H2,(H,38,41). The van der Waals surface area contributed by atoms with Gasteiger partial charge < -0.3 is 21.2 Å². The first-order chi connectivity index (χ1) is 20.2.